The molecule has 0 aliphatic heterocycles. The molecule has 0 aliphatic rings. The molecule has 0 saturated carbocycles. The first-order chi connectivity index (χ1) is 5.39. The first-order valence-electron chi connectivity index (χ1n) is 3.02. The molecule has 5 heteroatoms. The fourth-order valence-corrected chi connectivity index (χ4v) is 0.720. The topological polar surface area (TPSA) is 54.4 Å². The van der Waals surface area contributed by atoms with Crippen LogP contribution in [0.25, 0.3) is 0 Å². The maximum Gasteiger partial charge on any atom is 0.261 e. The average molecular weight is 253 g/mol. The largest absolute Gasteiger partial charge is 0.286 e. The summed E-state index contributed by atoms with van der Waals surface area (Å²) in [6, 6.07) is 9.97. The highest BCUT2D eigenvalue weighted by Crippen LogP contribution is 2.05. The van der Waals surface area contributed by atoms with E-state index >= 15 is 0 Å². The van der Waals surface area contributed by atoms with E-state index in [1.165, 1.54) is 0 Å². The molecule has 1 rings (SSSR count). The number of hydrogen-bond acceptors (Lipinski definition) is 2. The minimum Gasteiger partial charge on any atom is -0.286 e. The predicted octanol–water partition coefficient (Wildman–Crippen LogP) is 1.95. The molecule has 0 unspecified atom stereocenters. The van der Waals surface area contributed by atoms with Crippen molar-refractivity contribution in [3.05, 3.63) is 34.8 Å². The van der Waals surface area contributed by atoms with Crippen LogP contribution in [-0.2, 0) is 10.1 Å². The van der Waals surface area contributed by atoms with Crippen molar-refractivity contribution in [2.75, 3.05) is 6.26 Å². The van der Waals surface area contributed by atoms with E-state index in [-0.39, 0.29) is 0 Å². The molecule has 12 heavy (non-hydrogen) atoms. The molecule has 3 nitrogen and oxygen atoms in total. The van der Waals surface area contributed by atoms with E-state index in [1.807, 2.05) is 30.3 Å². The predicted molar refractivity (Wildman–Crippen MR) is 51.6 cm³/mol. The Morgan fingerprint density at radius 3 is 1.75 bits per heavy atom. The van der Waals surface area contributed by atoms with Gasteiger partial charge in [0.15, 0.2) is 0 Å². The SMILES string of the molecule is Brc1ccccc1.CS(=O)(=O)O. The van der Waals surface area contributed by atoms with E-state index < -0.39 is 10.1 Å². The summed E-state index contributed by atoms with van der Waals surface area (Å²) in [5.74, 6) is 0. The lowest BCUT2D eigenvalue weighted by atomic mass is 10.4. The quantitative estimate of drug-likeness (QED) is 0.719. The third-order valence-electron chi connectivity index (χ3n) is 0.733. The van der Waals surface area contributed by atoms with Gasteiger partial charge in [-0.3, -0.25) is 4.55 Å². The van der Waals surface area contributed by atoms with Crippen LogP contribution in [0.2, 0.25) is 0 Å². The van der Waals surface area contributed by atoms with Crippen LogP contribution < -0.4 is 0 Å². The maximum atomic E-state index is 9.19. The van der Waals surface area contributed by atoms with Crippen molar-refractivity contribution in [2.45, 2.75) is 0 Å². The van der Waals surface area contributed by atoms with Crippen LogP contribution in [0.1, 0.15) is 0 Å². The number of rotatable bonds is 0. The molecule has 0 atom stereocenters. The lowest BCUT2D eigenvalue weighted by Crippen LogP contribution is -1.88. The summed E-state index contributed by atoms with van der Waals surface area (Å²) >= 11 is 3.31. The number of halogens is 1. The van der Waals surface area contributed by atoms with Gasteiger partial charge in [0.05, 0.1) is 6.26 Å². The van der Waals surface area contributed by atoms with E-state index in [0.29, 0.717) is 6.26 Å². The van der Waals surface area contributed by atoms with Crippen molar-refractivity contribution in [1.29, 1.82) is 0 Å². The van der Waals surface area contributed by atoms with Crippen molar-refractivity contribution >= 4 is 26.0 Å². The molecule has 0 aliphatic carbocycles. The summed E-state index contributed by atoms with van der Waals surface area (Å²) in [6.07, 6.45) is 0.715. The first kappa shape index (κ1) is 11.6. The van der Waals surface area contributed by atoms with Crippen LogP contribution in [0.3, 0.4) is 0 Å². The molecule has 0 fully saturated rings. The normalized spacial score (nSPS) is 9.92. The van der Waals surface area contributed by atoms with Gasteiger partial charge in [0.1, 0.15) is 0 Å². The van der Waals surface area contributed by atoms with Crippen LogP contribution in [-0.4, -0.2) is 19.2 Å². The molecular formula is C7H9BrO3S. The standard InChI is InChI=1S/C6H5Br.CH4O3S/c7-6-4-2-1-3-5-6;1-5(2,3)4/h1-5H;1H3,(H,2,3,4). The Kier molecular flexibility index (Phi) is 5.12. The summed E-state index contributed by atoms with van der Waals surface area (Å²) in [5, 5.41) is 0. The van der Waals surface area contributed by atoms with Gasteiger partial charge in [-0.25, -0.2) is 0 Å². The molecule has 0 aromatic heterocycles. The first-order valence-corrected chi connectivity index (χ1v) is 5.67. The maximum absolute atomic E-state index is 9.19. The highest BCUT2D eigenvalue weighted by Gasteiger charge is 1.81. The van der Waals surface area contributed by atoms with Gasteiger partial charge in [-0.1, -0.05) is 34.1 Å². The Hall–Kier alpha value is -0.390. The highest BCUT2D eigenvalue weighted by molar-refractivity contribution is 9.10. The van der Waals surface area contributed by atoms with E-state index in [4.69, 9.17) is 4.55 Å². The molecule has 0 spiro atoms. The van der Waals surface area contributed by atoms with Crippen LogP contribution >= 0.6 is 15.9 Å². The second-order valence-electron chi connectivity index (χ2n) is 2.03. The zero-order valence-electron chi connectivity index (χ0n) is 6.44. The van der Waals surface area contributed by atoms with Crippen LogP contribution in [0.4, 0.5) is 0 Å². The second-order valence-corrected chi connectivity index (χ2v) is 4.41. The van der Waals surface area contributed by atoms with Crippen LogP contribution in [0.15, 0.2) is 34.8 Å². The van der Waals surface area contributed by atoms with Crippen molar-refractivity contribution in [3.8, 4) is 0 Å². The minimum atomic E-state index is -3.67. The number of hydrogen-bond donors (Lipinski definition) is 1. The number of benzene rings is 1. The highest BCUT2D eigenvalue weighted by atomic mass is 79.9. The van der Waals surface area contributed by atoms with Crippen LogP contribution in [0.5, 0.6) is 0 Å². The molecular weight excluding hydrogens is 244 g/mol. The Balaban J connectivity index is 0.000000217. The van der Waals surface area contributed by atoms with Crippen molar-refractivity contribution < 1.29 is 13.0 Å². The van der Waals surface area contributed by atoms with Gasteiger partial charge in [0.2, 0.25) is 0 Å². The van der Waals surface area contributed by atoms with Gasteiger partial charge in [0.25, 0.3) is 10.1 Å². The summed E-state index contributed by atoms with van der Waals surface area (Å²) in [5.41, 5.74) is 0. The van der Waals surface area contributed by atoms with Gasteiger partial charge >= 0.3 is 0 Å². The summed E-state index contributed by atoms with van der Waals surface area (Å²) < 4.78 is 27.0. The van der Waals surface area contributed by atoms with Gasteiger partial charge in [0, 0.05) is 4.47 Å². The van der Waals surface area contributed by atoms with E-state index in [1.54, 1.807) is 0 Å². The fraction of sp³-hybridized carbons (Fsp3) is 0.143. The fourth-order valence-electron chi connectivity index (χ4n) is 0.415. The molecule has 68 valence electrons. The van der Waals surface area contributed by atoms with E-state index in [9.17, 15) is 8.42 Å². The van der Waals surface area contributed by atoms with E-state index in [0.717, 1.165) is 4.47 Å². The Bertz CT molecular complexity index is 299. The second kappa shape index (κ2) is 5.29. The molecule has 1 N–H and O–H groups in total. The van der Waals surface area contributed by atoms with Gasteiger partial charge in [-0.2, -0.15) is 8.42 Å². The van der Waals surface area contributed by atoms with Crippen LogP contribution in [0, 0.1) is 0 Å². The molecule has 0 saturated heterocycles. The smallest absolute Gasteiger partial charge is 0.261 e. The summed E-state index contributed by atoms with van der Waals surface area (Å²) in [6.45, 7) is 0. The molecule has 0 amide bonds. The van der Waals surface area contributed by atoms with Gasteiger partial charge in [-0.15, -0.1) is 0 Å². The Morgan fingerprint density at radius 2 is 1.58 bits per heavy atom. The zero-order valence-corrected chi connectivity index (χ0v) is 8.84. The monoisotopic (exact) mass is 252 g/mol. The summed E-state index contributed by atoms with van der Waals surface area (Å²) in [4.78, 5) is 0. The van der Waals surface area contributed by atoms with E-state index in [2.05, 4.69) is 15.9 Å². The van der Waals surface area contributed by atoms with Gasteiger partial charge in [-0.05, 0) is 12.1 Å². The third-order valence-corrected chi connectivity index (χ3v) is 1.26. The van der Waals surface area contributed by atoms with Crippen molar-refractivity contribution in [2.24, 2.45) is 0 Å². The molecule has 0 heterocycles. The molecule has 1 aromatic rings. The average Bonchev–Trinajstić information content (AvgIpc) is 1.85. The minimum absolute atomic E-state index is 0.715. The van der Waals surface area contributed by atoms with Crippen molar-refractivity contribution in [3.63, 3.8) is 0 Å². The molecule has 0 radical (unpaired) electrons. The zero-order chi connectivity index (χ0) is 9.61. The molecule has 0 bridgehead atoms. The van der Waals surface area contributed by atoms with Gasteiger partial charge < -0.3 is 0 Å². The Morgan fingerprint density at radius 1 is 1.25 bits per heavy atom. The lowest BCUT2D eigenvalue weighted by Gasteiger charge is -1.80. The van der Waals surface area contributed by atoms with Crippen molar-refractivity contribution in [1.82, 2.24) is 0 Å². The Labute approximate surface area is 80.3 Å². The lowest BCUT2D eigenvalue weighted by molar-refractivity contribution is 0.490. The summed E-state index contributed by atoms with van der Waals surface area (Å²) in [7, 11) is -3.67. The molecule has 1 aromatic carbocycles. The third kappa shape index (κ3) is 12.3.